The zero-order chi connectivity index (χ0) is 22.2. The van der Waals surface area contributed by atoms with Crippen LogP contribution in [0.3, 0.4) is 0 Å². The Hall–Kier alpha value is -1.68. The van der Waals surface area contributed by atoms with Gasteiger partial charge in [-0.2, -0.15) is 0 Å². The predicted octanol–water partition coefficient (Wildman–Crippen LogP) is 4.66. The second kappa shape index (κ2) is 10.3. The molecule has 0 bridgehead atoms. The van der Waals surface area contributed by atoms with E-state index in [-0.39, 0.29) is 24.8 Å². The zero-order valence-electron chi connectivity index (χ0n) is 20.1. The Balaban J connectivity index is 0.00000193. The predicted molar refractivity (Wildman–Crippen MR) is 151 cm³/mol. The van der Waals surface area contributed by atoms with Crippen LogP contribution in [0.2, 0.25) is 0 Å². The summed E-state index contributed by atoms with van der Waals surface area (Å²) in [6.07, 6.45) is 7.55. The van der Waals surface area contributed by atoms with Gasteiger partial charge in [0.05, 0.1) is 0 Å². The molecule has 0 amide bonds. The van der Waals surface area contributed by atoms with Crippen molar-refractivity contribution < 1.29 is 18.5 Å². The number of benzene rings is 3. The molecule has 0 spiro atoms. The van der Waals surface area contributed by atoms with E-state index in [9.17, 15) is 0 Å². The van der Waals surface area contributed by atoms with E-state index in [1.54, 1.807) is 0 Å². The molecule has 1 aliphatic carbocycles. The van der Waals surface area contributed by atoms with Crippen molar-refractivity contribution in [1.29, 1.82) is 0 Å². The van der Waals surface area contributed by atoms with E-state index in [1.165, 1.54) is 39.1 Å². The minimum atomic E-state index is -4.38. The van der Waals surface area contributed by atoms with Gasteiger partial charge in [0.2, 0.25) is 0 Å². The van der Waals surface area contributed by atoms with Crippen molar-refractivity contribution in [1.82, 2.24) is 0 Å². The van der Waals surface area contributed by atoms with E-state index in [1.807, 2.05) is 0 Å². The molecule has 0 unspecified atom stereocenters. The molecule has 0 N–H and O–H groups in total. The van der Waals surface area contributed by atoms with Crippen LogP contribution in [0.15, 0.2) is 82.8 Å². The van der Waals surface area contributed by atoms with E-state index < -0.39 is 15.2 Å². The Morgan fingerprint density at radius 3 is 1.73 bits per heavy atom. The van der Waals surface area contributed by atoms with Crippen LogP contribution in [-0.2, 0) is 15.2 Å². The summed E-state index contributed by atoms with van der Waals surface area (Å²) in [4.78, 5) is 5.16. The number of rotatable bonds is 5. The fourth-order valence-electron chi connectivity index (χ4n) is 4.99. The van der Waals surface area contributed by atoms with Crippen LogP contribution in [0, 0.1) is 27.7 Å². The second-order valence-electron chi connectivity index (χ2n) is 8.97. The van der Waals surface area contributed by atoms with E-state index in [2.05, 4.69) is 107 Å². The Labute approximate surface area is 215 Å². The number of allylic oxidation sites excluding steroid dienone is 4. The van der Waals surface area contributed by atoms with Gasteiger partial charge in [0.15, 0.2) is 0 Å². The van der Waals surface area contributed by atoms with Crippen LogP contribution >= 0.6 is 24.8 Å². The van der Waals surface area contributed by atoms with Gasteiger partial charge >= 0.3 is 191 Å². The first-order valence-corrected chi connectivity index (χ1v) is 16.1. The zero-order valence-corrected chi connectivity index (χ0v) is 25.3. The van der Waals surface area contributed by atoms with Gasteiger partial charge < -0.3 is 0 Å². The van der Waals surface area contributed by atoms with Crippen molar-refractivity contribution in [3.05, 3.63) is 105 Å². The standard InChI is InChI=1S/C10H16OSi.2C6H5.C5H5.CH2.2ClH.Ti/c1-5-6(2)9(11)8(4)10(12)7(5)3;2*1-2-4-6-5-3-1;1-2-4-5-3-1;;;;/h11H,1-4,12H3;2*1-5H;1-3H,4H2;1H2;2*1H;/q;;;;;;;+1/p-1. The third-order valence-corrected chi connectivity index (χ3v) is 17.6. The van der Waals surface area contributed by atoms with Crippen molar-refractivity contribution in [2.75, 3.05) is 0 Å². The minimum absolute atomic E-state index is 0. The normalized spacial score (nSPS) is 13.2. The first-order valence-electron chi connectivity index (χ1n) is 11.1. The molecular formula is C28H34Cl2OSiTi. The molecule has 5 heteroatoms. The number of hydrogen-bond acceptors (Lipinski definition) is 1. The van der Waals surface area contributed by atoms with Gasteiger partial charge in [0.25, 0.3) is 0 Å². The molecule has 33 heavy (non-hydrogen) atoms. The Morgan fingerprint density at radius 2 is 1.27 bits per heavy atom. The molecule has 0 aliphatic heterocycles. The van der Waals surface area contributed by atoms with Crippen LogP contribution in [0.1, 0.15) is 28.7 Å². The van der Waals surface area contributed by atoms with E-state index >= 15 is 0 Å². The summed E-state index contributed by atoms with van der Waals surface area (Å²) < 4.78 is 11.3. The molecule has 3 aromatic carbocycles. The van der Waals surface area contributed by atoms with E-state index in [0.717, 1.165) is 22.4 Å². The van der Waals surface area contributed by atoms with Crippen LogP contribution < -0.4 is 16.2 Å². The van der Waals surface area contributed by atoms with Gasteiger partial charge in [-0.25, -0.2) is 0 Å². The molecule has 0 atom stereocenters. The van der Waals surface area contributed by atoms with Crippen molar-refractivity contribution in [2.24, 2.45) is 0 Å². The monoisotopic (exact) mass is 532 g/mol. The van der Waals surface area contributed by atoms with Gasteiger partial charge in [-0.15, -0.1) is 24.8 Å². The van der Waals surface area contributed by atoms with Crippen LogP contribution in [0.4, 0.5) is 0 Å². The molecule has 0 aromatic heterocycles. The summed E-state index contributed by atoms with van der Waals surface area (Å²) in [5.74, 6) is 1.04. The van der Waals surface area contributed by atoms with Crippen molar-refractivity contribution >= 4 is 52.8 Å². The average Bonchev–Trinajstić information content (AvgIpc) is 3.37. The molecule has 1 nitrogen and oxygen atoms in total. The van der Waals surface area contributed by atoms with Crippen LogP contribution in [0.5, 0.6) is 5.75 Å². The summed E-state index contributed by atoms with van der Waals surface area (Å²) in [7, 11) is 1.00. The third-order valence-electron chi connectivity index (χ3n) is 7.48. The Bertz CT molecular complexity index is 1210. The average molecular weight is 533 g/mol. The maximum atomic E-state index is 7.52. The number of hydrogen-bond donors (Lipinski definition) is 0. The third kappa shape index (κ3) is 4.29. The molecule has 0 saturated heterocycles. The van der Waals surface area contributed by atoms with E-state index in [4.69, 9.17) is 8.14 Å². The molecule has 0 radical (unpaired) electrons. The summed E-state index contributed by atoms with van der Waals surface area (Å²) >= 11 is -4.38. The number of halogens is 2. The topological polar surface area (TPSA) is 9.23 Å². The molecule has 174 valence electrons. The SMILES string of the molecule is Cl.Cl.[CH2]=[Ti]([O]c1c(C)c(C)c(C)c([SiH3])c1C)([C]1=CC=CC1)([c]1ccccc1)[c]1ccccc1. The van der Waals surface area contributed by atoms with Gasteiger partial charge in [-0.1, -0.05) is 0 Å². The van der Waals surface area contributed by atoms with E-state index in [0.29, 0.717) is 0 Å². The van der Waals surface area contributed by atoms with Gasteiger partial charge in [0.1, 0.15) is 0 Å². The van der Waals surface area contributed by atoms with Crippen LogP contribution in [0.25, 0.3) is 0 Å². The quantitative estimate of drug-likeness (QED) is 0.434. The van der Waals surface area contributed by atoms with Gasteiger partial charge in [-0.3, -0.25) is 0 Å². The summed E-state index contributed by atoms with van der Waals surface area (Å²) in [5.41, 5.74) is 5.27. The molecular weight excluding hydrogens is 499 g/mol. The summed E-state index contributed by atoms with van der Waals surface area (Å²) in [6, 6.07) is 21.5. The summed E-state index contributed by atoms with van der Waals surface area (Å²) in [5, 5.41) is 1.44. The first kappa shape index (κ1) is 27.6. The molecule has 4 rings (SSSR count). The molecule has 0 heterocycles. The van der Waals surface area contributed by atoms with Gasteiger partial charge in [-0.05, 0) is 0 Å². The molecule has 3 aromatic rings. The summed E-state index contributed by atoms with van der Waals surface area (Å²) in [6.45, 7) is 8.91. The Morgan fingerprint density at radius 1 is 0.758 bits per heavy atom. The van der Waals surface area contributed by atoms with Gasteiger partial charge in [0, 0.05) is 0 Å². The molecule has 0 fully saturated rings. The molecule has 0 saturated carbocycles. The fourth-order valence-corrected chi connectivity index (χ4v) is 13.4. The molecule has 1 aliphatic rings. The van der Waals surface area contributed by atoms with Crippen molar-refractivity contribution in [2.45, 2.75) is 34.1 Å². The van der Waals surface area contributed by atoms with Crippen molar-refractivity contribution in [3.8, 4) is 5.75 Å². The maximum absolute atomic E-state index is 7.52. The van der Waals surface area contributed by atoms with Crippen molar-refractivity contribution in [3.63, 3.8) is 0 Å². The fraction of sp³-hybridized carbons (Fsp3) is 0.179. The van der Waals surface area contributed by atoms with Crippen LogP contribution in [-0.4, -0.2) is 15.1 Å². The second-order valence-corrected chi connectivity index (χ2v) is 17.3. The Kier molecular flexibility index (Phi) is 8.60. The first-order chi connectivity index (χ1) is 14.8.